The Morgan fingerprint density at radius 3 is 2.67 bits per heavy atom. The molecule has 0 fully saturated rings. The van der Waals surface area contributed by atoms with Gasteiger partial charge in [0.1, 0.15) is 0 Å². The van der Waals surface area contributed by atoms with Crippen LogP contribution >= 0.6 is 0 Å². The van der Waals surface area contributed by atoms with Crippen molar-refractivity contribution >= 4 is 5.91 Å². The zero-order valence-electron chi connectivity index (χ0n) is 8.94. The summed E-state index contributed by atoms with van der Waals surface area (Å²) >= 11 is 0. The van der Waals surface area contributed by atoms with Crippen LogP contribution in [0.1, 0.15) is 12.0 Å². The minimum Gasteiger partial charge on any atom is -0.335 e. The lowest BCUT2D eigenvalue weighted by molar-refractivity contribution is -0.129. The van der Waals surface area contributed by atoms with Gasteiger partial charge in [-0.15, -0.1) is 6.42 Å². The first-order valence-corrected chi connectivity index (χ1v) is 4.95. The fourth-order valence-corrected chi connectivity index (χ4v) is 1.31. The minimum absolute atomic E-state index is 0.0943. The number of amides is 1. The van der Waals surface area contributed by atoms with Crippen LogP contribution in [-0.2, 0) is 11.2 Å². The normalized spacial score (nSPS) is 9.33. The van der Waals surface area contributed by atoms with Crippen molar-refractivity contribution in [1.29, 1.82) is 0 Å². The van der Waals surface area contributed by atoms with E-state index in [-0.39, 0.29) is 5.91 Å². The van der Waals surface area contributed by atoms with Crippen LogP contribution in [0.4, 0.5) is 0 Å². The highest BCUT2D eigenvalue weighted by Gasteiger charge is 2.06. The molecule has 0 saturated carbocycles. The van der Waals surface area contributed by atoms with Gasteiger partial charge < -0.3 is 4.90 Å². The van der Waals surface area contributed by atoms with Crippen molar-refractivity contribution in [3.8, 4) is 12.3 Å². The van der Waals surface area contributed by atoms with E-state index >= 15 is 0 Å². The van der Waals surface area contributed by atoms with Crippen LogP contribution in [0.3, 0.4) is 0 Å². The maximum atomic E-state index is 11.5. The average molecular weight is 201 g/mol. The topological polar surface area (TPSA) is 20.3 Å². The number of aryl methyl sites for hydroxylation is 1. The fourth-order valence-electron chi connectivity index (χ4n) is 1.31. The second-order valence-corrected chi connectivity index (χ2v) is 3.44. The van der Waals surface area contributed by atoms with Crippen LogP contribution in [0.5, 0.6) is 0 Å². The highest BCUT2D eigenvalue weighted by atomic mass is 16.2. The summed E-state index contributed by atoms with van der Waals surface area (Å²) in [6.07, 6.45) is 6.42. The Morgan fingerprint density at radius 2 is 2.07 bits per heavy atom. The van der Waals surface area contributed by atoms with Crippen molar-refractivity contribution in [3.05, 3.63) is 35.9 Å². The molecule has 1 aromatic rings. The molecule has 0 radical (unpaired) electrons. The third-order valence-corrected chi connectivity index (χ3v) is 2.22. The average Bonchev–Trinajstić information content (AvgIpc) is 2.27. The van der Waals surface area contributed by atoms with Gasteiger partial charge in [0.2, 0.25) is 5.91 Å². The molecule has 0 aliphatic rings. The highest BCUT2D eigenvalue weighted by molar-refractivity contribution is 5.76. The van der Waals surface area contributed by atoms with Gasteiger partial charge in [0, 0.05) is 13.5 Å². The summed E-state index contributed by atoms with van der Waals surface area (Å²) in [5.41, 5.74) is 1.18. The number of carbonyl (C=O) groups excluding carboxylic acids is 1. The van der Waals surface area contributed by atoms with Gasteiger partial charge in [-0.3, -0.25) is 4.79 Å². The van der Waals surface area contributed by atoms with Crippen molar-refractivity contribution in [2.24, 2.45) is 0 Å². The van der Waals surface area contributed by atoms with Gasteiger partial charge in [0.15, 0.2) is 0 Å². The number of rotatable bonds is 4. The Morgan fingerprint density at radius 1 is 1.40 bits per heavy atom. The summed E-state index contributed by atoms with van der Waals surface area (Å²) in [7, 11) is 1.73. The molecule has 0 heterocycles. The monoisotopic (exact) mass is 201 g/mol. The third-order valence-electron chi connectivity index (χ3n) is 2.22. The molecule has 1 rings (SSSR count). The Hall–Kier alpha value is -1.75. The lowest BCUT2D eigenvalue weighted by Crippen LogP contribution is -2.27. The van der Waals surface area contributed by atoms with E-state index in [9.17, 15) is 4.79 Å². The van der Waals surface area contributed by atoms with Crippen LogP contribution in [-0.4, -0.2) is 24.4 Å². The molecule has 0 aromatic heterocycles. The summed E-state index contributed by atoms with van der Waals surface area (Å²) in [6.45, 7) is 0.383. The third kappa shape index (κ3) is 3.86. The standard InChI is InChI=1S/C13H15NO/c1-3-11-14(2)13(15)10-9-12-7-5-4-6-8-12/h1,4-8H,9-11H2,2H3. The van der Waals surface area contributed by atoms with Gasteiger partial charge in [-0.2, -0.15) is 0 Å². The fraction of sp³-hybridized carbons (Fsp3) is 0.308. The molecule has 0 atom stereocenters. The molecule has 0 aliphatic carbocycles. The molecule has 78 valence electrons. The smallest absolute Gasteiger partial charge is 0.223 e. The first kappa shape index (κ1) is 11.3. The molecular weight excluding hydrogens is 186 g/mol. The van der Waals surface area contributed by atoms with E-state index in [4.69, 9.17) is 6.42 Å². The van der Waals surface area contributed by atoms with Crippen molar-refractivity contribution < 1.29 is 4.79 Å². The Kier molecular flexibility index (Phi) is 4.43. The van der Waals surface area contributed by atoms with E-state index < -0.39 is 0 Å². The maximum absolute atomic E-state index is 11.5. The summed E-state index contributed by atoms with van der Waals surface area (Å²) in [6, 6.07) is 9.97. The van der Waals surface area contributed by atoms with Crippen molar-refractivity contribution in [2.45, 2.75) is 12.8 Å². The quantitative estimate of drug-likeness (QED) is 0.679. The molecule has 0 spiro atoms. The van der Waals surface area contributed by atoms with E-state index in [0.29, 0.717) is 13.0 Å². The van der Waals surface area contributed by atoms with E-state index in [1.807, 2.05) is 30.3 Å². The van der Waals surface area contributed by atoms with Crippen LogP contribution in [0.15, 0.2) is 30.3 Å². The molecule has 1 amide bonds. The molecule has 0 N–H and O–H groups in total. The summed E-state index contributed by atoms with van der Waals surface area (Å²) in [4.78, 5) is 13.1. The lowest BCUT2D eigenvalue weighted by atomic mass is 10.1. The molecule has 0 aliphatic heterocycles. The number of hydrogen-bond acceptors (Lipinski definition) is 1. The Bertz CT molecular complexity index is 351. The Labute approximate surface area is 90.9 Å². The van der Waals surface area contributed by atoms with E-state index in [2.05, 4.69) is 5.92 Å². The van der Waals surface area contributed by atoms with E-state index in [1.54, 1.807) is 11.9 Å². The highest BCUT2D eigenvalue weighted by Crippen LogP contribution is 2.03. The molecule has 2 heteroatoms. The number of benzene rings is 1. The van der Waals surface area contributed by atoms with Crippen molar-refractivity contribution in [1.82, 2.24) is 4.90 Å². The van der Waals surface area contributed by atoms with Gasteiger partial charge >= 0.3 is 0 Å². The molecule has 15 heavy (non-hydrogen) atoms. The lowest BCUT2D eigenvalue weighted by Gasteiger charge is -2.13. The summed E-state index contributed by atoms with van der Waals surface area (Å²) < 4.78 is 0. The van der Waals surface area contributed by atoms with Crippen LogP contribution < -0.4 is 0 Å². The van der Waals surface area contributed by atoms with Crippen molar-refractivity contribution in [3.63, 3.8) is 0 Å². The van der Waals surface area contributed by atoms with Crippen LogP contribution in [0, 0.1) is 12.3 Å². The zero-order valence-corrected chi connectivity index (χ0v) is 8.94. The zero-order chi connectivity index (χ0) is 11.1. The number of carbonyl (C=O) groups is 1. The SMILES string of the molecule is C#CCN(C)C(=O)CCc1ccccc1. The second-order valence-electron chi connectivity index (χ2n) is 3.44. The predicted octanol–water partition coefficient (Wildman–Crippen LogP) is 1.71. The number of terminal acetylenes is 1. The Balaban J connectivity index is 2.38. The van der Waals surface area contributed by atoms with Crippen molar-refractivity contribution in [2.75, 3.05) is 13.6 Å². The van der Waals surface area contributed by atoms with E-state index in [1.165, 1.54) is 5.56 Å². The maximum Gasteiger partial charge on any atom is 0.223 e. The van der Waals surface area contributed by atoms with Crippen LogP contribution in [0.25, 0.3) is 0 Å². The summed E-state index contributed by atoms with van der Waals surface area (Å²) in [5.74, 6) is 2.55. The van der Waals surface area contributed by atoms with Gasteiger partial charge in [-0.1, -0.05) is 36.3 Å². The molecule has 0 bridgehead atoms. The van der Waals surface area contributed by atoms with E-state index in [0.717, 1.165) is 6.42 Å². The van der Waals surface area contributed by atoms with Gasteiger partial charge in [0.25, 0.3) is 0 Å². The van der Waals surface area contributed by atoms with Gasteiger partial charge in [-0.05, 0) is 12.0 Å². The molecule has 2 nitrogen and oxygen atoms in total. The predicted molar refractivity (Wildman–Crippen MR) is 61.2 cm³/mol. The number of hydrogen-bond donors (Lipinski definition) is 0. The molecule has 1 aromatic carbocycles. The molecule has 0 saturated heterocycles. The molecular formula is C13H15NO. The first-order valence-electron chi connectivity index (χ1n) is 4.95. The first-order chi connectivity index (χ1) is 7.24. The number of nitrogens with zero attached hydrogens (tertiary/aromatic N) is 1. The molecule has 0 unspecified atom stereocenters. The van der Waals surface area contributed by atoms with Crippen LogP contribution in [0.2, 0.25) is 0 Å². The second kappa shape index (κ2) is 5.87. The minimum atomic E-state index is 0.0943. The largest absolute Gasteiger partial charge is 0.335 e. The van der Waals surface area contributed by atoms with Gasteiger partial charge in [0.05, 0.1) is 6.54 Å². The summed E-state index contributed by atoms with van der Waals surface area (Å²) in [5, 5.41) is 0. The van der Waals surface area contributed by atoms with Gasteiger partial charge in [-0.25, -0.2) is 0 Å².